The Kier molecular flexibility index (Phi) is 4.18. The lowest BCUT2D eigenvalue weighted by atomic mass is 9.96. The smallest absolute Gasteiger partial charge is 0.234 e. The molecule has 0 radical (unpaired) electrons. The number of ketones is 1. The lowest BCUT2D eigenvalue weighted by Crippen LogP contribution is -2.28. The van der Waals surface area contributed by atoms with Gasteiger partial charge in [-0.1, -0.05) is 19.0 Å². The summed E-state index contributed by atoms with van der Waals surface area (Å²) in [6.45, 7) is 5.51. The van der Waals surface area contributed by atoms with E-state index in [0.29, 0.717) is 11.7 Å². The molecular weight excluding hydrogens is 208 g/mol. The summed E-state index contributed by atoms with van der Waals surface area (Å²) in [5.41, 5.74) is -0.501. The van der Waals surface area contributed by atoms with Gasteiger partial charge in [0, 0.05) is 7.11 Å². The van der Waals surface area contributed by atoms with E-state index in [1.165, 1.54) is 6.92 Å². The van der Waals surface area contributed by atoms with Gasteiger partial charge in [0.2, 0.25) is 11.7 Å². The Morgan fingerprint density at radius 3 is 2.50 bits per heavy atom. The van der Waals surface area contributed by atoms with Crippen molar-refractivity contribution < 1.29 is 14.1 Å². The van der Waals surface area contributed by atoms with Gasteiger partial charge in [0.1, 0.15) is 11.4 Å². The Labute approximate surface area is 95.2 Å². The molecule has 0 aliphatic heterocycles. The minimum absolute atomic E-state index is 0.00575. The standard InChI is InChI=1S/C11H18N2O3/c1-5-11(6-2,15-4)10-12-9(16-13-10)7-8(3)14/h5-7H2,1-4H3. The summed E-state index contributed by atoms with van der Waals surface area (Å²) >= 11 is 0. The summed E-state index contributed by atoms with van der Waals surface area (Å²) < 4.78 is 10.5. The second-order valence-electron chi connectivity index (χ2n) is 3.80. The number of carbonyl (C=O) groups excluding carboxylic acids is 1. The number of carbonyl (C=O) groups is 1. The molecule has 5 heteroatoms. The van der Waals surface area contributed by atoms with Crippen LogP contribution in [-0.4, -0.2) is 23.0 Å². The zero-order chi connectivity index (χ0) is 12.2. The first kappa shape index (κ1) is 12.8. The number of hydrogen-bond donors (Lipinski definition) is 0. The molecule has 90 valence electrons. The number of rotatable bonds is 6. The number of nitrogens with zero attached hydrogens (tertiary/aromatic N) is 2. The highest BCUT2D eigenvalue weighted by molar-refractivity contribution is 5.77. The maximum atomic E-state index is 10.9. The van der Waals surface area contributed by atoms with Crippen LogP contribution in [0.1, 0.15) is 45.3 Å². The third-order valence-corrected chi connectivity index (χ3v) is 2.81. The third-order valence-electron chi connectivity index (χ3n) is 2.81. The molecule has 0 aliphatic carbocycles. The van der Waals surface area contributed by atoms with Gasteiger partial charge in [-0.25, -0.2) is 0 Å². The largest absolute Gasteiger partial charge is 0.370 e. The fourth-order valence-electron chi connectivity index (χ4n) is 1.67. The van der Waals surface area contributed by atoms with Crippen molar-refractivity contribution in [2.45, 2.75) is 45.6 Å². The Morgan fingerprint density at radius 1 is 1.44 bits per heavy atom. The number of methoxy groups -OCH3 is 1. The molecule has 5 nitrogen and oxygen atoms in total. The number of aromatic nitrogens is 2. The molecule has 0 aromatic carbocycles. The first-order chi connectivity index (χ1) is 7.57. The van der Waals surface area contributed by atoms with Crippen molar-refractivity contribution in [3.8, 4) is 0 Å². The summed E-state index contributed by atoms with van der Waals surface area (Å²) in [6.07, 6.45) is 1.71. The molecule has 0 aliphatic rings. The fourth-order valence-corrected chi connectivity index (χ4v) is 1.67. The van der Waals surface area contributed by atoms with E-state index in [1.807, 2.05) is 13.8 Å². The lowest BCUT2D eigenvalue weighted by Gasteiger charge is -2.25. The molecule has 0 atom stereocenters. The zero-order valence-corrected chi connectivity index (χ0v) is 10.2. The Morgan fingerprint density at radius 2 is 2.06 bits per heavy atom. The van der Waals surface area contributed by atoms with Gasteiger partial charge < -0.3 is 9.26 Å². The topological polar surface area (TPSA) is 65.2 Å². The van der Waals surface area contributed by atoms with Gasteiger partial charge in [0.15, 0.2) is 0 Å². The van der Waals surface area contributed by atoms with E-state index >= 15 is 0 Å². The van der Waals surface area contributed by atoms with E-state index in [0.717, 1.165) is 12.8 Å². The normalized spacial score (nSPS) is 11.8. The SMILES string of the molecule is CCC(CC)(OC)c1noc(CC(C)=O)n1. The molecule has 1 heterocycles. The van der Waals surface area contributed by atoms with E-state index in [9.17, 15) is 4.79 Å². The minimum Gasteiger partial charge on any atom is -0.370 e. The zero-order valence-electron chi connectivity index (χ0n) is 10.2. The second kappa shape index (κ2) is 5.21. The van der Waals surface area contributed by atoms with Crippen LogP contribution < -0.4 is 0 Å². The highest BCUT2D eigenvalue weighted by Gasteiger charge is 2.33. The van der Waals surface area contributed by atoms with Gasteiger partial charge in [-0.05, 0) is 19.8 Å². The molecule has 0 saturated heterocycles. The fraction of sp³-hybridized carbons (Fsp3) is 0.727. The third kappa shape index (κ3) is 2.47. The first-order valence-electron chi connectivity index (χ1n) is 5.45. The summed E-state index contributed by atoms with van der Waals surface area (Å²) in [6, 6.07) is 0. The van der Waals surface area contributed by atoms with Gasteiger partial charge in [0.05, 0.1) is 6.42 Å². The van der Waals surface area contributed by atoms with Crippen molar-refractivity contribution in [1.82, 2.24) is 10.1 Å². The predicted molar refractivity (Wildman–Crippen MR) is 58.0 cm³/mol. The average Bonchev–Trinajstić information content (AvgIpc) is 2.70. The molecule has 0 unspecified atom stereocenters. The molecular formula is C11H18N2O3. The van der Waals surface area contributed by atoms with Gasteiger partial charge in [-0.15, -0.1) is 0 Å². The maximum absolute atomic E-state index is 10.9. The summed E-state index contributed by atoms with van der Waals surface area (Å²) in [5.74, 6) is 0.883. The predicted octanol–water partition coefficient (Wildman–Crippen LogP) is 1.86. The summed E-state index contributed by atoms with van der Waals surface area (Å²) in [7, 11) is 1.63. The van der Waals surface area contributed by atoms with E-state index in [4.69, 9.17) is 9.26 Å². The molecule has 16 heavy (non-hydrogen) atoms. The van der Waals surface area contributed by atoms with E-state index in [2.05, 4.69) is 10.1 Å². The van der Waals surface area contributed by atoms with Crippen LogP contribution in [-0.2, 0) is 21.6 Å². The molecule has 1 aromatic rings. The molecule has 1 aromatic heterocycles. The molecule has 0 N–H and O–H groups in total. The molecule has 0 bridgehead atoms. The monoisotopic (exact) mass is 226 g/mol. The Balaban J connectivity index is 2.94. The van der Waals surface area contributed by atoms with Gasteiger partial charge in [-0.2, -0.15) is 4.98 Å². The van der Waals surface area contributed by atoms with Crippen molar-refractivity contribution in [2.75, 3.05) is 7.11 Å². The van der Waals surface area contributed by atoms with Crippen LogP contribution >= 0.6 is 0 Å². The van der Waals surface area contributed by atoms with Crippen molar-refractivity contribution in [2.24, 2.45) is 0 Å². The molecule has 0 fully saturated rings. The van der Waals surface area contributed by atoms with Crippen LogP contribution in [0.2, 0.25) is 0 Å². The Hall–Kier alpha value is -1.23. The van der Waals surface area contributed by atoms with E-state index in [1.54, 1.807) is 7.11 Å². The van der Waals surface area contributed by atoms with Crippen LogP contribution in [0.5, 0.6) is 0 Å². The van der Waals surface area contributed by atoms with Crippen LogP contribution in [0.15, 0.2) is 4.52 Å². The second-order valence-corrected chi connectivity index (χ2v) is 3.80. The first-order valence-corrected chi connectivity index (χ1v) is 5.45. The van der Waals surface area contributed by atoms with Gasteiger partial charge in [-0.3, -0.25) is 4.79 Å². The van der Waals surface area contributed by atoms with Crippen LogP contribution in [0, 0.1) is 0 Å². The van der Waals surface area contributed by atoms with Crippen molar-refractivity contribution >= 4 is 5.78 Å². The maximum Gasteiger partial charge on any atom is 0.234 e. The van der Waals surface area contributed by atoms with Gasteiger partial charge in [0.25, 0.3) is 0 Å². The van der Waals surface area contributed by atoms with E-state index in [-0.39, 0.29) is 12.2 Å². The quantitative estimate of drug-likeness (QED) is 0.740. The number of ether oxygens (including phenoxy) is 1. The van der Waals surface area contributed by atoms with Crippen molar-refractivity contribution in [3.63, 3.8) is 0 Å². The van der Waals surface area contributed by atoms with Crippen LogP contribution in [0.3, 0.4) is 0 Å². The van der Waals surface area contributed by atoms with Gasteiger partial charge >= 0.3 is 0 Å². The molecule has 0 amide bonds. The lowest BCUT2D eigenvalue weighted by molar-refractivity contribution is -0.116. The van der Waals surface area contributed by atoms with Crippen LogP contribution in [0.25, 0.3) is 0 Å². The number of Topliss-reactive ketones (excluding diaryl/α,β-unsaturated/α-hetero) is 1. The Bertz CT molecular complexity index is 348. The summed E-state index contributed by atoms with van der Waals surface area (Å²) in [5, 5.41) is 3.89. The van der Waals surface area contributed by atoms with Crippen molar-refractivity contribution in [1.29, 1.82) is 0 Å². The number of hydrogen-bond acceptors (Lipinski definition) is 5. The molecule has 1 rings (SSSR count). The van der Waals surface area contributed by atoms with Crippen LogP contribution in [0.4, 0.5) is 0 Å². The van der Waals surface area contributed by atoms with Crippen molar-refractivity contribution in [3.05, 3.63) is 11.7 Å². The molecule has 0 spiro atoms. The molecule has 0 saturated carbocycles. The minimum atomic E-state index is -0.501. The highest BCUT2D eigenvalue weighted by Crippen LogP contribution is 2.29. The highest BCUT2D eigenvalue weighted by atomic mass is 16.5. The average molecular weight is 226 g/mol. The summed E-state index contributed by atoms with van der Waals surface area (Å²) in [4.78, 5) is 15.1. The van der Waals surface area contributed by atoms with E-state index < -0.39 is 5.60 Å².